The number of benzene rings is 1. The van der Waals surface area contributed by atoms with Gasteiger partial charge < -0.3 is 24.6 Å². The number of halogens is 1. The number of rotatable bonds is 5. The van der Waals surface area contributed by atoms with Crippen molar-refractivity contribution in [1.82, 2.24) is 20.2 Å². The van der Waals surface area contributed by atoms with Gasteiger partial charge in [-0.05, 0) is 58.6 Å². The molecule has 11 heteroatoms. The van der Waals surface area contributed by atoms with Gasteiger partial charge in [0.2, 0.25) is 0 Å². The number of ether oxygens (including phenoxy) is 2. The molecule has 1 N–H and O–H groups in total. The lowest BCUT2D eigenvalue weighted by atomic mass is 9.93. The van der Waals surface area contributed by atoms with E-state index in [0.717, 1.165) is 44.6 Å². The van der Waals surface area contributed by atoms with Crippen molar-refractivity contribution in [3.05, 3.63) is 46.9 Å². The predicted octanol–water partition coefficient (Wildman–Crippen LogP) is 4.42. The van der Waals surface area contributed by atoms with Crippen LogP contribution in [0.4, 0.5) is 10.6 Å². The molecule has 2 unspecified atom stereocenters. The van der Waals surface area contributed by atoms with Gasteiger partial charge >= 0.3 is 6.09 Å². The Morgan fingerprint density at radius 3 is 2.33 bits per heavy atom. The van der Waals surface area contributed by atoms with Gasteiger partial charge in [-0.15, -0.1) is 0 Å². The monoisotopic (exact) mass is 566 g/mol. The number of amides is 2. The average molecular weight is 567 g/mol. The molecule has 2 aliphatic heterocycles. The highest BCUT2D eigenvalue weighted by Gasteiger charge is 2.43. The number of fused-ring (bicyclic) bond motifs is 1. The standard InChI is InChI=1S/C29H35ClN6O4/c1-29(2,3)40-28(38)36-16-19-14-35(15-20(19)17-36)26-13-32-25(12-33-26)27(37)34-21-5-8-22(9-6-21)39-23-7-4-18(11-31)24(30)10-23/h4,7,10,12-13,19-22H,5-6,8-9,14-17H2,1-3H3,(H,34,37). The molecule has 0 spiro atoms. The molecule has 2 saturated heterocycles. The van der Waals surface area contributed by atoms with E-state index < -0.39 is 5.60 Å². The molecule has 3 fully saturated rings. The van der Waals surface area contributed by atoms with E-state index in [1.54, 1.807) is 29.3 Å². The van der Waals surface area contributed by atoms with Crippen molar-refractivity contribution >= 4 is 29.4 Å². The van der Waals surface area contributed by atoms with Gasteiger partial charge in [0.1, 0.15) is 28.9 Å². The summed E-state index contributed by atoms with van der Waals surface area (Å²) < 4.78 is 11.6. The topological polar surface area (TPSA) is 121 Å². The number of nitrogens with one attached hydrogen (secondary N) is 1. The highest BCUT2D eigenvalue weighted by Crippen LogP contribution is 2.34. The molecule has 2 aromatic rings. The Hall–Kier alpha value is -3.58. The van der Waals surface area contributed by atoms with Crippen molar-refractivity contribution in [2.75, 3.05) is 31.1 Å². The van der Waals surface area contributed by atoms with Crippen LogP contribution in [0, 0.1) is 23.2 Å². The van der Waals surface area contributed by atoms with Gasteiger partial charge in [0.15, 0.2) is 0 Å². The van der Waals surface area contributed by atoms with E-state index in [-0.39, 0.29) is 24.1 Å². The van der Waals surface area contributed by atoms with Crippen molar-refractivity contribution in [2.45, 2.75) is 64.2 Å². The van der Waals surface area contributed by atoms with Gasteiger partial charge in [0, 0.05) is 50.1 Å². The Kier molecular flexibility index (Phi) is 8.04. The first-order valence-electron chi connectivity index (χ1n) is 13.8. The molecule has 5 rings (SSSR count). The smallest absolute Gasteiger partial charge is 0.410 e. The second kappa shape index (κ2) is 11.5. The number of carbonyl (C=O) groups is 2. The number of aromatic nitrogens is 2. The molecule has 212 valence electrons. The molecule has 1 aliphatic carbocycles. The summed E-state index contributed by atoms with van der Waals surface area (Å²) in [7, 11) is 0. The average Bonchev–Trinajstić information content (AvgIpc) is 3.49. The van der Waals surface area contributed by atoms with E-state index in [1.807, 2.05) is 26.8 Å². The highest BCUT2D eigenvalue weighted by molar-refractivity contribution is 6.31. The number of carbonyl (C=O) groups excluding carboxylic acids is 2. The van der Waals surface area contributed by atoms with Crippen LogP contribution >= 0.6 is 11.6 Å². The second-order valence-electron chi connectivity index (χ2n) is 11.9. The summed E-state index contributed by atoms with van der Waals surface area (Å²) in [6.45, 7) is 8.59. The summed E-state index contributed by atoms with van der Waals surface area (Å²) in [5.41, 5.74) is 0.219. The van der Waals surface area contributed by atoms with Crippen LogP contribution < -0.4 is 15.0 Å². The maximum Gasteiger partial charge on any atom is 0.410 e. The number of anilines is 1. The number of nitrogens with zero attached hydrogens (tertiary/aromatic N) is 5. The molecule has 40 heavy (non-hydrogen) atoms. The Bertz CT molecular complexity index is 1270. The van der Waals surface area contributed by atoms with E-state index in [4.69, 9.17) is 26.3 Å². The third-order valence-corrected chi connectivity index (χ3v) is 8.02. The van der Waals surface area contributed by atoms with Crippen LogP contribution in [0.25, 0.3) is 0 Å². The van der Waals surface area contributed by atoms with E-state index in [9.17, 15) is 9.59 Å². The summed E-state index contributed by atoms with van der Waals surface area (Å²) in [5, 5.41) is 12.5. The fourth-order valence-corrected chi connectivity index (χ4v) is 5.91. The van der Waals surface area contributed by atoms with Crippen LogP contribution in [0.2, 0.25) is 5.02 Å². The molecule has 1 aromatic heterocycles. The van der Waals surface area contributed by atoms with Gasteiger partial charge in [-0.2, -0.15) is 5.26 Å². The minimum absolute atomic E-state index is 0.0346. The summed E-state index contributed by atoms with van der Waals surface area (Å²) in [6.07, 6.45) is 6.18. The van der Waals surface area contributed by atoms with Crippen molar-refractivity contribution in [3.63, 3.8) is 0 Å². The Morgan fingerprint density at radius 2 is 1.75 bits per heavy atom. The summed E-state index contributed by atoms with van der Waals surface area (Å²) >= 11 is 6.11. The van der Waals surface area contributed by atoms with E-state index in [0.29, 0.717) is 47.0 Å². The second-order valence-corrected chi connectivity index (χ2v) is 12.3. The van der Waals surface area contributed by atoms with Crippen molar-refractivity contribution < 1.29 is 19.1 Å². The molecule has 1 saturated carbocycles. The molecular weight excluding hydrogens is 532 g/mol. The van der Waals surface area contributed by atoms with Gasteiger partial charge in [0.05, 0.1) is 29.1 Å². The predicted molar refractivity (Wildman–Crippen MR) is 149 cm³/mol. The summed E-state index contributed by atoms with van der Waals surface area (Å²) in [6, 6.07) is 7.18. The molecule has 1 aromatic carbocycles. The molecule has 0 radical (unpaired) electrons. The summed E-state index contributed by atoms with van der Waals surface area (Å²) in [5.74, 6) is 1.90. The quantitative estimate of drug-likeness (QED) is 0.564. The van der Waals surface area contributed by atoms with Crippen LogP contribution in [-0.2, 0) is 4.74 Å². The molecule has 2 amide bonds. The lowest BCUT2D eigenvalue weighted by Crippen LogP contribution is -2.40. The fraction of sp³-hybridized carbons (Fsp3) is 0.552. The largest absolute Gasteiger partial charge is 0.490 e. The molecule has 3 heterocycles. The Morgan fingerprint density at radius 1 is 1.05 bits per heavy atom. The summed E-state index contributed by atoms with van der Waals surface area (Å²) in [4.78, 5) is 38.2. The van der Waals surface area contributed by atoms with E-state index >= 15 is 0 Å². The van der Waals surface area contributed by atoms with Crippen molar-refractivity contribution in [2.24, 2.45) is 11.8 Å². The minimum atomic E-state index is -0.499. The third kappa shape index (κ3) is 6.58. The Labute approximate surface area is 239 Å². The van der Waals surface area contributed by atoms with Crippen LogP contribution in [-0.4, -0.2) is 70.8 Å². The van der Waals surface area contributed by atoms with Crippen LogP contribution in [0.3, 0.4) is 0 Å². The number of hydrogen-bond acceptors (Lipinski definition) is 8. The maximum absolute atomic E-state index is 12.8. The number of nitriles is 1. The van der Waals surface area contributed by atoms with Crippen LogP contribution in [0.1, 0.15) is 62.5 Å². The zero-order chi connectivity index (χ0) is 28.4. The SMILES string of the molecule is CC(C)(C)OC(=O)N1CC2CN(c3cnc(C(=O)NC4CCC(Oc5ccc(C#N)c(Cl)c5)CC4)cn3)CC2C1. The first kappa shape index (κ1) is 28.0. The lowest BCUT2D eigenvalue weighted by molar-refractivity contribution is 0.0282. The molecule has 10 nitrogen and oxygen atoms in total. The third-order valence-electron chi connectivity index (χ3n) is 7.71. The van der Waals surface area contributed by atoms with Gasteiger partial charge in [-0.25, -0.2) is 14.8 Å². The normalized spacial score (nSPS) is 24.3. The van der Waals surface area contributed by atoms with Crippen LogP contribution in [0.15, 0.2) is 30.6 Å². The van der Waals surface area contributed by atoms with Gasteiger partial charge in [-0.1, -0.05) is 11.6 Å². The van der Waals surface area contributed by atoms with E-state index in [1.165, 1.54) is 6.20 Å². The number of likely N-dealkylation sites (tertiary alicyclic amines) is 1. The minimum Gasteiger partial charge on any atom is -0.490 e. The molecular formula is C29H35ClN6O4. The molecule has 0 bridgehead atoms. The maximum atomic E-state index is 12.8. The van der Waals surface area contributed by atoms with Crippen molar-refractivity contribution in [3.8, 4) is 11.8 Å². The first-order valence-corrected chi connectivity index (χ1v) is 14.2. The zero-order valence-electron chi connectivity index (χ0n) is 23.1. The van der Waals surface area contributed by atoms with Gasteiger partial charge in [0.25, 0.3) is 5.91 Å². The lowest BCUT2D eigenvalue weighted by Gasteiger charge is -2.29. The molecule has 3 aliphatic rings. The van der Waals surface area contributed by atoms with Gasteiger partial charge in [-0.3, -0.25) is 4.79 Å². The van der Waals surface area contributed by atoms with Crippen LogP contribution in [0.5, 0.6) is 5.75 Å². The highest BCUT2D eigenvalue weighted by atomic mass is 35.5. The zero-order valence-corrected chi connectivity index (χ0v) is 23.9. The Balaban J connectivity index is 1.06. The van der Waals surface area contributed by atoms with Crippen molar-refractivity contribution in [1.29, 1.82) is 5.26 Å². The number of hydrogen-bond donors (Lipinski definition) is 1. The molecule has 2 atom stereocenters. The fourth-order valence-electron chi connectivity index (χ4n) is 5.69. The first-order chi connectivity index (χ1) is 19.1. The van der Waals surface area contributed by atoms with E-state index in [2.05, 4.69) is 20.2 Å².